The molecule has 0 aromatic heterocycles. The molecule has 3 rings (SSSR count). The molecule has 0 radical (unpaired) electrons. The lowest BCUT2D eigenvalue weighted by Crippen LogP contribution is -2.50. The van der Waals surface area contributed by atoms with E-state index in [1.165, 1.54) is 13.2 Å². The predicted molar refractivity (Wildman–Crippen MR) is 103 cm³/mol. The minimum atomic E-state index is -0.241. The van der Waals surface area contributed by atoms with E-state index in [9.17, 15) is 9.59 Å². The van der Waals surface area contributed by atoms with Crippen molar-refractivity contribution >= 4 is 29.2 Å². The number of ether oxygens (including phenoxy) is 1. The Kier molecular flexibility index (Phi) is 6.11. The number of nitrogens with two attached hydrogens (primary N) is 1. The number of hydroxylamine groups is 2. The Labute approximate surface area is 164 Å². The van der Waals surface area contributed by atoms with Crippen LogP contribution in [0.5, 0.6) is 5.75 Å². The third-order valence-corrected chi connectivity index (χ3v) is 5.55. The second-order valence-corrected chi connectivity index (χ2v) is 7.58. The molecule has 0 aliphatic carbocycles. The number of benzene rings is 1. The smallest absolute Gasteiger partial charge is 0.325 e. The zero-order valence-corrected chi connectivity index (χ0v) is 16.4. The Hall–Kier alpha value is -1.99. The normalized spacial score (nSPS) is 24.5. The number of anilines is 1. The molecule has 3 N–H and O–H groups in total. The molecule has 2 aliphatic heterocycles. The summed E-state index contributed by atoms with van der Waals surface area (Å²) < 4.78 is 5.26. The highest BCUT2D eigenvalue weighted by Crippen LogP contribution is 2.36. The zero-order chi connectivity index (χ0) is 19.6. The van der Waals surface area contributed by atoms with E-state index < -0.39 is 0 Å². The van der Waals surface area contributed by atoms with Gasteiger partial charge in [-0.1, -0.05) is 18.5 Å². The summed E-state index contributed by atoms with van der Waals surface area (Å²) in [4.78, 5) is 30.1. The molecule has 2 fully saturated rings. The van der Waals surface area contributed by atoms with Crippen molar-refractivity contribution in [2.75, 3.05) is 12.8 Å². The van der Waals surface area contributed by atoms with Crippen molar-refractivity contribution in [1.29, 1.82) is 0 Å². The SMILES string of the molecule is CCCC(=O)ON1C2CCC1CC(NC(=O)c1cc(Cl)c(N)cc1OC)C2. The summed E-state index contributed by atoms with van der Waals surface area (Å²) >= 11 is 6.06. The number of fused-ring (bicyclic) bond motifs is 2. The maximum atomic E-state index is 12.7. The highest BCUT2D eigenvalue weighted by molar-refractivity contribution is 6.33. The van der Waals surface area contributed by atoms with Gasteiger partial charge in [0.2, 0.25) is 0 Å². The van der Waals surface area contributed by atoms with Gasteiger partial charge in [-0.3, -0.25) is 9.59 Å². The third-order valence-electron chi connectivity index (χ3n) is 5.23. The summed E-state index contributed by atoms with van der Waals surface area (Å²) in [6.45, 7) is 1.95. The maximum Gasteiger partial charge on any atom is 0.325 e. The van der Waals surface area contributed by atoms with Gasteiger partial charge < -0.3 is 20.6 Å². The number of piperidine rings is 1. The second-order valence-electron chi connectivity index (χ2n) is 7.17. The van der Waals surface area contributed by atoms with E-state index in [2.05, 4.69) is 5.32 Å². The molecule has 148 valence electrons. The van der Waals surface area contributed by atoms with E-state index in [4.69, 9.17) is 26.9 Å². The Morgan fingerprint density at radius 1 is 1.30 bits per heavy atom. The van der Waals surface area contributed by atoms with E-state index in [-0.39, 0.29) is 30.0 Å². The first-order valence-corrected chi connectivity index (χ1v) is 9.73. The van der Waals surface area contributed by atoms with E-state index in [0.717, 1.165) is 32.1 Å². The molecule has 2 heterocycles. The predicted octanol–water partition coefficient (Wildman–Crippen LogP) is 2.91. The van der Waals surface area contributed by atoms with E-state index in [1.54, 1.807) is 6.07 Å². The number of hydrogen-bond acceptors (Lipinski definition) is 6. The number of carbonyl (C=O) groups excluding carboxylic acids is 2. The fourth-order valence-corrected chi connectivity index (χ4v) is 4.11. The van der Waals surface area contributed by atoms with Crippen LogP contribution in [-0.4, -0.2) is 42.2 Å². The first-order chi connectivity index (χ1) is 12.9. The molecule has 1 amide bonds. The molecule has 1 aromatic rings. The van der Waals surface area contributed by atoms with Gasteiger partial charge in [-0.05, 0) is 38.2 Å². The molecule has 0 spiro atoms. The quantitative estimate of drug-likeness (QED) is 0.719. The first kappa shape index (κ1) is 19.8. The van der Waals surface area contributed by atoms with Gasteiger partial charge in [-0.25, -0.2) is 0 Å². The number of nitrogens with one attached hydrogen (secondary N) is 1. The standard InChI is InChI=1S/C19H26ClN3O4/c1-3-4-18(24)27-23-12-5-6-13(23)8-11(7-12)22-19(25)14-9-15(20)16(21)10-17(14)26-2/h9-13H,3-8,21H2,1-2H3,(H,22,25). The molecule has 2 aliphatic rings. The lowest BCUT2D eigenvalue weighted by Gasteiger charge is -2.37. The van der Waals surface area contributed by atoms with Gasteiger partial charge in [0.05, 0.1) is 23.4 Å². The molecule has 2 saturated heterocycles. The van der Waals surface area contributed by atoms with Gasteiger partial charge in [-0.2, -0.15) is 0 Å². The van der Waals surface area contributed by atoms with Crippen LogP contribution in [0.1, 0.15) is 55.8 Å². The largest absolute Gasteiger partial charge is 0.496 e. The van der Waals surface area contributed by atoms with E-state index >= 15 is 0 Å². The van der Waals surface area contributed by atoms with Gasteiger partial charge in [0.25, 0.3) is 5.91 Å². The third kappa shape index (κ3) is 4.30. The van der Waals surface area contributed by atoms with Crippen molar-refractivity contribution in [3.8, 4) is 5.75 Å². The maximum absolute atomic E-state index is 12.7. The topological polar surface area (TPSA) is 93.9 Å². The van der Waals surface area contributed by atoms with Gasteiger partial charge in [0.15, 0.2) is 0 Å². The average Bonchev–Trinajstić information content (AvgIpc) is 2.86. The van der Waals surface area contributed by atoms with Gasteiger partial charge in [-0.15, -0.1) is 5.06 Å². The van der Waals surface area contributed by atoms with Crippen LogP contribution >= 0.6 is 11.6 Å². The Morgan fingerprint density at radius 3 is 2.56 bits per heavy atom. The number of nitrogens with zero attached hydrogens (tertiary/aromatic N) is 1. The van der Waals surface area contributed by atoms with Crippen LogP contribution < -0.4 is 15.8 Å². The number of nitrogen functional groups attached to an aromatic ring is 1. The molecule has 8 heteroatoms. The van der Waals surface area contributed by atoms with Crippen LogP contribution in [0.3, 0.4) is 0 Å². The first-order valence-electron chi connectivity index (χ1n) is 9.35. The summed E-state index contributed by atoms with van der Waals surface area (Å²) in [5, 5.41) is 5.24. The lowest BCUT2D eigenvalue weighted by molar-refractivity contribution is -0.213. The van der Waals surface area contributed by atoms with Crippen molar-refractivity contribution in [1.82, 2.24) is 10.4 Å². The fraction of sp³-hybridized carbons (Fsp3) is 0.579. The van der Waals surface area contributed by atoms with E-state index in [0.29, 0.717) is 28.4 Å². The number of hydrogen-bond donors (Lipinski definition) is 2. The Bertz CT molecular complexity index is 713. The molecule has 27 heavy (non-hydrogen) atoms. The second kappa shape index (κ2) is 8.35. The minimum absolute atomic E-state index is 0.0113. The molecule has 1 aromatic carbocycles. The van der Waals surface area contributed by atoms with Gasteiger partial charge in [0, 0.05) is 30.6 Å². The highest BCUT2D eigenvalue weighted by atomic mass is 35.5. The summed E-state index contributed by atoms with van der Waals surface area (Å²) in [7, 11) is 1.49. The summed E-state index contributed by atoms with van der Waals surface area (Å²) in [6, 6.07) is 3.38. The number of amides is 1. The number of rotatable bonds is 6. The van der Waals surface area contributed by atoms with Crippen molar-refractivity contribution in [3.05, 3.63) is 22.7 Å². The number of methoxy groups -OCH3 is 1. The van der Waals surface area contributed by atoms with Crippen molar-refractivity contribution in [2.45, 2.75) is 63.6 Å². The number of halogens is 1. The highest BCUT2D eigenvalue weighted by Gasteiger charge is 2.43. The van der Waals surface area contributed by atoms with Crippen LogP contribution in [0.25, 0.3) is 0 Å². The van der Waals surface area contributed by atoms with Gasteiger partial charge >= 0.3 is 5.97 Å². The summed E-state index contributed by atoms with van der Waals surface area (Å²) in [5.41, 5.74) is 6.51. The van der Waals surface area contributed by atoms with Crippen LogP contribution in [0.15, 0.2) is 12.1 Å². The van der Waals surface area contributed by atoms with Crippen LogP contribution in [-0.2, 0) is 9.63 Å². The molecular weight excluding hydrogens is 370 g/mol. The van der Waals surface area contributed by atoms with Crippen LogP contribution in [0.2, 0.25) is 5.02 Å². The van der Waals surface area contributed by atoms with E-state index in [1.807, 2.05) is 12.0 Å². The zero-order valence-electron chi connectivity index (χ0n) is 15.7. The fourth-order valence-electron chi connectivity index (χ4n) is 3.95. The Morgan fingerprint density at radius 2 is 1.96 bits per heavy atom. The van der Waals surface area contributed by atoms with Crippen molar-refractivity contribution < 1.29 is 19.2 Å². The molecule has 2 bridgehead atoms. The lowest BCUT2D eigenvalue weighted by atomic mass is 9.98. The monoisotopic (exact) mass is 395 g/mol. The summed E-state index contributed by atoms with van der Waals surface area (Å²) in [6.07, 6.45) is 4.61. The Balaban J connectivity index is 1.64. The van der Waals surface area contributed by atoms with Gasteiger partial charge in [0.1, 0.15) is 5.75 Å². The number of carbonyl (C=O) groups is 2. The van der Waals surface area contributed by atoms with Crippen molar-refractivity contribution in [3.63, 3.8) is 0 Å². The van der Waals surface area contributed by atoms with Crippen LogP contribution in [0, 0.1) is 0 Å². The molecular formula is C19H26ClN3O4. The molecule has 2 unspecified atom stereocenters. The van der Waals surface area contributed by atoms with Crippen LogP contribution in [0.4, 0.5) is 5.69 Å². The molecule has 7 nitrogen and oxygen atoms in total. The molecule has 2 atom stereocenters. The summed E-state index contributed by atoms with van der Waals surface area (Å²) in [5.74, 6) is -0.0315. The average molecular weight is 396 g/mol. The molecule has 0 saturated carbocycles. The minimum Gasteiger partial charge on any atom is -0.496 e. The van der Waals surface area contributed by atoms with Crippen molar-refractivity contribution in [2.24, 2.45) is 0 Å².